The Morgan fingerprint density at radius 2 is 1.88 bits per heavy atom. The van der Waals surface area contributed by atoms with Crippen molar-refractivity contribution >= 4 is 17.5 Å². The Hall–Kier alpha value is -2.76. The summed E-state index contributed by atoms with van der Waals surface area (Å²) in [6.07, 6.45) is -1.25. The number of likely N-dealkylation sites (tertiary alicyclic amines) is 1. The number of anilines is 1. The van der Waals surface area contributed by atoms with Crippen LogP contribution in [0.1, 0.15) is 57.1 Å². The molecule has 2 aliphatic heterocycles. The van der Waals surface area contributed by atoms with Crippen LogP contribution in [0, 0.1) is 22.7 Å². The minimum atomic E-state index is -4.60. The number of nitrogens with zero attached hydrogens (tertiary/aromatic N) is 3. The molecule has 0 saturated carbocycles. The van der Waals surface area contributed by atoms with Gasteiger partial charge in [-0.25, -0.2) is 0 Å². The van der Waals surface area contributed by atoms with Crippen molar-refractivity contribution in [3.63, 3.8) is 0 Å². The summed E-state index contributed by atoms with van der Waals surface area (Å²) in [7, 11) is 1.57. The lowest BCUT2D eigenvalue weighted by molar-refractivity contribution is -0.141. The molecule has 0 bridgehead atoms. The third-order valence-electron chi connectivity index (χ3n) is 7.29. The number of alkyl halides is 3. The van der Waals surface area contributed by atoms with Gasteiger partial charge in [-0.3, -0.25) is 9.59 Å². The molecule has 1 atom stereocenters. The first-order valence-electron chi connectivity index (χ1n) is 11.5. The molecule has 2 aliphatic rings. The SMILES string of the molecule is CCC(CC)C(=O)N1CC2(CCN(c3ccc(C#N)c(C(F)(F)F)c3)CC2)CC1C(=O)NC. The fourth-order valence-electron chi connectivity index (χ4n) is 5.22. The Labute approximate surface area is 192 Å². The molecule has 2 amide bonds. The molecule has 0 aromatic heterocycles. The van der Waals surface area contributed by atoms with Crippen LogP contribution >= 0.6 is 0 Å². The van der Waals surface area contributed by atoms with Crippen LogP contribution in [0.2, 0.25) is 0 Å². The van der Waals surface area contributed by atoms with Gasteiger partial charge in [0.25, 0.3) is 0 Å². The first kappa shape index (κ1) is 24.9. The highest BCUT2D eigenvalue weighted by molar-refractivity contribution is 5.89. The smallest absolute Gasteiger partial charge is 0.371 e. The molecule has 2 fully saturated rings. The van der Waals surface area contributed by atoms with E-state index in [9.17, 15) is 22.8 Å². The van der Waals surface area contributed by atoms with Crippen molar-refractivity contribution in [2.24, 2.45) is 11.3 Å². The standard InChI is InChI=1S/C24H31F3N4O2/c1-4-16(5-2)22(33)31-15-23(13-20(31)21(32)29-3)8-10-30(11-9-23)18-7-6-17(14-28)19(12-18)24(25,26)27/h6-7,12,16,20H,4-5,8-11,13,15H2,1-3H3,(H,29,32). The molecule has 6 nitrogen and oxygen atoms in total. The van der Waals surface area contributed by atoms with Crippen molar-refractivity contribution in [3.05, 3.63) is 29.3 Å². The molecular weight excluding hydrogens is 433 g/mol. The molecule has 1 N–H and O–H groups in total. The van der Waals surface area contributed by atoms with Gasteiger partial charge in [0.1, 0.15) is 6.04 Å². The van der Waals surface area contributed by atoms with Gasteiger partial charge in [0.15, 0.2) is 0 Å². The highest BCUT2D eigenvalue weighted by Crippen LogP contribution is 2.45. The fourth-order valence-corrected chi connectivity index (χ4v) is 5.22. The molecule has 1 aromatic rings. The van der Waals surface area contributed by atoms with Gasteiger partial charge in [0.2, 0.25) is 11.8 Å². The first-order valence-corrected chi connectivity index (χ1v) is 11.5. The number of hydrogen-bond acceptors (Lipinski definition) is 4. The summed E-state index contributed by atoms with van der Waals surface area (Å²) < 4.78 is 40.1. The van der Waals surface area contributed by atoms with Crippen LogP contribution in [0.4, 0.5) is 18.9 Å². The monoisotopic (exact) mass is 464 g/mol. The maximum absolute atomic E-state index is 13.4. The van der Waals surface area contributed by atoms with Crippen LogP contribution in [0.3, 0.4) is 0 Å². The highest BCUT2D eigenvalue weighted by Gasteiger charge is 2.50. The average molecular weight is 465 g/mol. The molecule has 33 heavy (non-hydrogen) atoms. The summed E-state index contributed by atoms with van der Waals surface area (Å²) in [5.41, 5.74) is -1.11. The Bertz CT molecular complexity index is 929. The van der Waals surface area contributed by atoms with Crippen molar-refractivity contribution in [1.29, 1.82) is 5.26 Å². The van der Waals surface area contributed by atoms with E-state index < -0.39 is 17.8 Å². The minimum Gasteiger partial charge on any atom is -0.371 e. The van der Waals surface area contributed by atoms with E-state index in [0.29, 0.717) is 57.4 Å². The van der Waals surface area contributed by atoms with E-state index in [1.165, 1.54) is 6.07 Å². The number of likely N-dealkylation sites (N-methyl/N-ethyl adjacent to an activating group) is 1. The molecule has 1 aromatic carbocycles. The fraction of sp³-hybridized carbons (Fsp3) is 0.625. The summed E-state index contributed by atoms with van der Waals surface area (Å²) in [5, 5.41) is 11.7. The van der Waals surface area contributed by atoms with Crippen LogP contribution in [0.15, 0.2) is 18.2 Å². The maximum atomic E-state index is 13.4. The van der Waals surface area contributed by atoms with E-state index in [0.717, 1.165) is 6.07 Å². The largest absolute Gasteiger partial charge is 0.417 e. The number of rotatable bonds is 5. The highest BCUT2D eigenvalue weighted by atomic mass is 19.4. The number of hydrogen-bond donors (Lipinski definition) is 1. The molecule has 180 valence electrons. The number of nitriles is 1. The molecule has 2 saturated heterocycles. The molecule has 0 radical (unpaired) electrons. The molecule has 1 unspecified atom stereocenters. The number of nitrogens with one attached hydrogen (secondary N) is 1. The number of benzene rings is 1. The lowest BCUT2D eigenvalue weighted by Gasteiger charge is -2.40. The quantitative estimate of drug-likeness (QED) is 0.716. The zero-order valence-corrected chi connectivity index (χ0v) is 19.3. The topological polar surface area (TPSA) is 76.4 Å². The number of carbonyl (C=O) groups is 2. The van der Waals surface area contributed by atoms with Crippen LogP contribution in [-0.2, 0) is 15.8 Å². The predicted octanol–water partition coefficient (Wildman–Crippen LogP) is 3.95. The average Bonchev–Trinajstić information content (AvgIpc) is 3.17. The van der Waals surface area contributed by atoms with Crippen LogP contribution in [0.5, 0.6) is 0 Å². The minimum absolute atomic E-state index is 0.00909. The summed E-state index contributed by atoms with van der Waals surface area (Å²) >= 11 is 0. The van der Waals surface area contributed by atoms with E-state index in [4.69, 9.17) is 5.26 Å². The molecule has 9 heteroatoms. The van der Waals surface area contributed by atoms with Crippen LogP contribution in [-0.4, -0.2) is 49.4 Å². The number of piperidine rings is 1. The van der Waals surface area contributed by atoms with Crippen molar-refractivity contribution < 1.29 is 22.8 Å². The first-order chi connectivity index (χ1) is 15.6. The normalized spacial score (nSPS) is 20.2. The Morgan fingerprint density at radius 1 is 1.24 bits per heavy atom. The molecular formula is C24H31F3N4O2. The Kier molecular flexibility index (Phi) is 7.25. The second kappa shape index (κ2) is 9.62. The summed E-state index contributed by atoms with van der Waals surface area (Å²) in [6.45, 7) is 5.49. The van der Waals surface area contributed by atoms with E-state index in [-0.39, 0.29) is 28.7 Å². The van der Waals surface area contributed by atoms with E-state index >= 15 is 0 Å². The van der Waals surface area contributed by atoms with Gasteiger partial charge in [-0.05, 0) is 55.7 Å². The molecule has 3 rings (SSSR count). The van der Waals surface area contributed by atoms with Crippen LogP contribution < -0.4 is 10.2 Å². The zero-order valence-electron chi connectivity index (χ0n) is 19.3. The van der Waals surface area contributed by atoms with E-state index in [1.54, 1.807) is 24.1 Å². The molecule has 0 aliphatic carbocycles. The van der Waals surface area contributed by atoms with Crippen molar-refractivity contribution in [2.75, 3.05) is 31.6 Å². The van der Waals surface area contributed by atoms with Gasteiger partial charge < -0.3 is 15.1 Å². The maximum Gasteiger partial charge on any atom is 0.417 e. The van der Waals surface area contributed by atoms with Gasteiger partial charge in [0.05, 0.1) is 17.2 Å². The number of carbonyl (C=O) groups excluding carboxylic acids is 2. The number of halogens is 3. The van der Waals surface area contributed by atoms with Gasteiger partial charge in [-0.2, -0.15) is 18.4 Å². The second-order valence-electron chi connectivity index (χ2n) is 9.14. The number of amides is 2. The third kappa shape index (κ3) is 4.94. The lowest BCUT2D eigenvalue weighted by Crippen LogP contribution is -2.47. The summed E-state index contributed by atoms with van der Waals surface area (Å²) in [5.74, 6) is -0.280. The Morgan fingerprint density at radius 3 is 2.39 bits per heavy atom. The van der Waals surface area contributed by atoms with Gasteiger partial charge in [0, 0.05) is 38.3 Å². The van der Waals surface area contributed by atoms with Gasteiger partial charge in [-0.1, -0.05) is 13.8 Å². The zero-order chi connectivity index (χ0) is 24.4. The molecule has 1 spiro atoms. The lowest BCUT2D eigenvalue weighted by atomic mass is 9.76. The molecule has 2 heterocycles. The summed E-state index contributed by atoms with van der Waals surface area (Å²) in [6, 6.07) is 4.91. The van der Waals surface area contributed by atoms with Gasteiger partial charge >= 0.3 is 6.18 Å². The van der Waals surface area contributed by atoms with Crippen molar-refractivity contribution in [1.82, 2.24) is 10.2 Å². The van der Waals surface area contributed by atoms with Crippen LogP contribution in [0.25, 0.3) is 0 Å². The van der Waals surface area contributed by atoms with E-state index in [1.807, 2.05) is 18.7 Å². The van der Waals surface area contributed by atoms with Crippen molar-refractivity contribution in [3.8, 4) is 6.07 Å². The second-order valence-corrected chi connectivity index (χ2v) is 9.14. The summed E-state index contributed by atoms with van der Waals surface area (Å²) in [4.78, 5) is 29.4. The predicted molar refractivity (Wildman–Crippen MR) is 118 cm³/mol. The third-order valence-corrected chi connectivity index (χ3v) is 7.29. The van der Waals surface area contributed by atoms with Gasteiger partial charge in [-0.15, -0.1) is 0 Å². The van der Waals surface area contributed by atoms with Crippen molar-refractivity contribution in [2.45, 2.75) is 58.2 Å². The van der Waals surface area contributed by atoms with E-state index in [2.05, 4.69) is 5.32 Å². The Balaban J connectivity index is 1.78.